The highest BCUT2D eigenvalue weighted by Gasteiger charge is 2.29. The van der Waals surface area contributed by atoms with Crippen LogP contribution in [0.25, 0.3) is 0 Å². The maximum absolute atomic E-state index is 14.4. The molecule has 7 heteroatoms. The zero-order valence-corrected chi connectivity index (χ0v) is 15.9. The van der Waals surface area contributed by atoms with Gasteiger partial charge in [-0.25, -0.2) is 4.39 Å². The summed E-state index contributed by atoms with van der Waals surface area (Å²) in [4.78, 5) is 14.5. The lowest BCUT2D eigenvalue weighted by atomic mass is 10.1. The molecule has 3 rings (SSSR count). The molecule has 0 radical (unpaired) electrons. The summed E-state index contributed by atoms with van der Waals surface area (Å²) in [5.41, 5.74) is 0.337. The van der Waals surface area contributed by atoms with E-state index in [0.29, 0.717) is 22.9 Å². The highest BCUT2D eigenvalue weighted by molar-refractivity contribution is 6.30. The van der Waals surface area contributed by atoms with Crippen LogP contribution in [0.4, 0.5) is 4.39 Å². The van der Waals surface area contributed by atoms with Crippen molar-refractivity contribution in [2.45, 2.75) is 18.9 Å². The van der Waals surface area contributed by atoms with Crippen LogP contribution < -0.4 is 10.1 Å². The predicted molar refractivity (Wildman–Crippen MR) is 103 cm³/mol. The van der Waals surface area contributed by atoms with Crippen LogP contribution in [-0.4, -0.2) is 37.0 Å². The van der Waals surface area contributed by atoms with Gasteiger partial charge in [-0.05, 0) is 62.4 Å². The Morgan fingerprint density at radius 1 is 1.31 bits per heavy atom. The zero-order chi connectivity index (χ0) is 17.8. The molecule has 0 aliphatic carbocycles. The van der Waals surface area contributed by atoms with E-state index in [-0.39, 0.29) is 30.1 Å². The fraction of sp³-hybridized carbons (Fsp3) is 0.316. The van der Waals surface area contributed by atoms with Crippen molar-refractivity contribution < 1.29 is 13.9 Å². The van der Waals surface area contributed by atoms with Gasteiger partial charge < -0.3 is 15.0 Å². The summed E-state index contributed by atoms with van der Waals surface area (Å²) in [6.45, 7) is 1.45. The molecule has 4 nitrogen and oxygen atoms in total. The maximum atomic E-state index is 14.4. The van der Waals surface area contributed by atoms with Crippen LogP contribution in [0.5, 0.6) is 11.5 Å². The lowest BCUT2D eigenvalue weighted by Crippen LogP contribution is -2.40. The second-order valence-corrected chi connectivity index (χ2v) is 6.49. The number of carbonyl (C=O) groups is 1. The van der Waals surface area contributed by atoms with Crippen LogP contribution >= 0.6 is 24.0 Å². The molecule has 1 fully saturated rings. The molecule has 0 spiro atoms. The van der Waals surface area contributed by atoms with Gasteiger partial charge in [-0.3, -0.25) is 4.79 Å². The van der Waals surface area contributed by atoms with E-state index in [2.05, 4.69) is 5.32 Å². The first kappa shape index (κ1) is 20.5. The highest BCUT2D eigenvalue weighted by Crippen LogP contribution is 2.27. The fourth-order valence-electron chi connectivity index (χ4n) is 3.06. The van der Waals surface area contributed by atoms with Crippen LogP contribution in [0.3, 0.4) is 0 Å². The molecule has 1 amide bonds. The Hall–Kier alpha value is -1.82. The Morgan fingerprint density at radius 3 is 2.69 bits per heavy atom. The molecule has 1 N–H and O–H groups in total. The number of nitrogens with zero attached hydrogens (tertiary/aromatic N) is 1. The van der Waals surface area contributed by atoms with Crippen molar-refractivity contribution >= 4 is 29.9 Å². The van der Waals surface area contributed by atoms with E-state index in [4.69, 9.17) is 16.3 Å². The molecule has 26 heavy (non-hydrogen) atoms. The monoisotopic (exact) mass is 398 g/mol. The van der Waals surface area contributed by atoms with Gasteiger partial charge in [0.25, 0.3) is 5.91 Å². The van der Waals surface area contributed by atoms with E-state index < -0.39 is 5.82 Å². The van der Waals surface area contributed by atoms with Crippen molar-refractivity contribution in [3.05, 3.63) is 58.9 Å². The van der Waals surface area contributed by atoms with Crippen molar-refractivity contribution in [1.29, 1.82) is 0 Å². The summed E-state index contributed by atoms with van der Waals surface area (Å²) in [5.74, 6) is -0.150. The van der Waals surface area contributed by atoms with Crippen molar-refractivity contribution in [1.82, 2.24) is 10.2 Å². The van der Waals surface area contributed by atoms with Gasteiger partial charge in [-0.15, -0.1) is 12.4 Å². The molecule has 0 saturated carbocycles. The molecule has 2 aromatic carbocycles. The number of amides is 1. The number of hydrogen-bond donors (Lipinski definition) is 1. The second-order valence-electron chi connectivity index (χ2n) is 6.05. The van der Waals surface area contributed by atoms with E-state index in [1.807, 2.05) is 11.9 Å². The molecule has 1 saturated heterocycles. The van der Waals surface area contributed by atoms with Crippen molar-refractivity contribution in [2.75, 3.05) is 20.1 Å². The van der Waals surface area contributed by atoms with Gasteiger partial charge in [-0.2, -0.15) is 0 Å². The van der Waals surface area contributed by atoms with Gasteiger partial charge in [0.05, 0.1) is 0 Å². The topological polar surface area (TPSA) is 41.6 Å². The number of carbonyl (C=O) groups excluding carboxylic acids is 1. The number of halogens is 3. The normalized spacial score (nSPS) is 16.3. The predicted octanol–water partition coefficient (Wildman–Crippen LogP) is 4.52. The van der Waals surface area contributed by atoms with Crippen molar-refractivity contribution in [3.63, 3.8) is 0 Å². The molecule has 1 aliphatic rings. The number of likely N-dealkylation sites (N-methyl/N-ethyl adjacent to an activating group) is 1. The number of benzene rings is 2. The van der Waals surface area contributed by atoms with Gasteiger partial charge in [-0.1, -0.05) is 11.6 Å². The summed E-state index contributed by atoms with van der Waals surface area (Å²) in [6.07, 6.45) is 1.94. The molecule has 1 unspecified atom stereocenters. The first-order chi connectivity index (χ1) is 12.1. The fourth-order valence-corrected chi connectivity index (χ4v) is 3.19. The van der Waals surface area contributed by atoms with Crippen molar-refractivity contribution in [2.24, 2.45) is 0 Å². The van der Waals surface area contributed by atoms with E-state index in [9.17, 15) is 9.18 Å². The average Bonchev–Trinajstić information content (AvgIpc) is 3.06. The Kier molecular flexibility index (Phi) is 7.26. The Morgan fingerprint density at radius 2 is 2.04 bits per heavy atom. The van der Waals surface area contributed by atoms with E-state index in [1.165, 1.54) is 12.1 Å². The standard InChI is InChI=1S/C19H20ClFN2O2.ClH/c1-22-12-15-3-2-10-23(15)19(24)13-4-9-18(17(21)11-13)25-16-7-5-14(20)6-8-16;/h4-9,11,15,22H,2-3,10,12H2,1H3;1H. The second kappa shape index (κ2) is 9.21. The third kappa shape index (κ3) is 4.67. The molecular formula is C19H21Cl2FN2O2. The molecular weight excluding hydrogens is 378 g/mol. The van der Waals surface area contributed by atoms with Crippen LogP contribution in [0.15, 0.2) is 42.5 Å². The zero-order valence-electron chi connectivity index (χ0n) is 14.4. The number of ether oxygens (including phenoxy) is 1. The quantitative estimate of drug-likeness (QED) is 0.804. The highest BCUT2D eigenvalue weighted by atomic mass is 35.5. The Labute approximate surface area is 163 Å². The SMILES string of the molecule is CNCC1CCCN1C(=O)c1ccc(Oc2ccc(Cl)cc2)c(F)c1.Cl. The van der Waals surface area contributed by atoms with Gasteiger partial charge >= 0.3 is 0 Å². The van der Waals surface area contributed by atoms with E-state index in [1.54, 1.807) is 30.3 Å². The first-order valence-corrected chi connectivity index (χ1v) is 8.65. The Balaban J connectivity index is 0.00000243. The molecule has 0 aromatic heterocycles. The molecule has 1 aliphatic heterocycles. The van der Waals surface area contributed by atoms with Gasteiger partial charge in [0.1, 0.15) is 5.75 Å². The molecule has 1 atom stereocenters. The minimum atomic E-state index is -0.565. The molecule has 140 valence electrons. The largest absolute Gasteiger partial charge is 0.454 e. The molecule has 1 heterocycles. The van der Waals surface area contributed by atoms with Gasteiger partial charge in [0.2, 0.25) is 0 Å². The minimum Gasteiger partial charge on any atom is -0.454 e. The number of nitrogens with one attached hydrogen (secondary N) is 1. The summed E-state index contributed by atoms with van der Waals surface area (Å²) in [7, 11) is 1.86. The number of likely N-dealkylation sites (tertiary alicyclic amines) is 1. The summed E-state index contributed by atoms with van der Waals surface area (Å²) >= 11 is 5.82. The maximum Gasteiger partial charge on any atom is 0.254 e. The third-order valence-electron chi connectivity index (χ3n) is 4.30. The first-order valence-electron chi connectivity index (χ1n) is 8.27. The van der Waals surface area contributed by atoms with Crippen molar-refractivity contribution in [3.8, 4) is 11.5 Å². The van der Waals surface area contributed by atoms with Gasteiger partial charge in [0, 0.05) is 29.7 Å². The summed E-state index contributed by atoms with van der Waals surface area (Å²) < 4.78 is 19.9. The smallest absolute Gasteiger partial charge is 0.254 e. The van der Waals surface area contributed by atoms with E-state index >= 15 is 0 Å². The van der Waals surface area contributed by atoms with Crippen LogP contribution in [-0.2, 0) is 0 Å². The number of hydrogen-bond acceptors (Lipinski definition) is 3. The average molecular weight is 399 g/mol. The molecule has 2 aromatic rings. The molecule has 0 bridgehead atoms. The van der Waals surface area contributed by atoms with Gasteiger partial charge in [0.15, 0.2) is 11.6 Å². The summed E-state index contributed by atoms with van der Waals surface area (Å²) in [6, 6.07) is 11.1. The lowest BCUT2D eigenvalue weighted by molar-refractivity contribution is 0.0736. The summed E-state index contributed by atoms with van der Waals surface area (Å²) in [5, 5.41) is 3.68. The minimum absolute atomic E-state index is 0. The van der Waals surface area contributed by atoms with E-state index in [0.717, 1.165) is 19.4 Å². The number of rotatable bonds is 5. The van der Waals surface area contributed by atoms with Crippen LogP contribution in [0.2, 0.25) is 5.02 Å². The lowest BCUT2D eigenvalue weighted by Gasteiger charge is -2.24. The third-order valence-corrected chi connectivity index (χ3v) is 4.55. The Bertz CT molecular complexity index is 756. The van der Waals surface area contributed by atoms with Crippen LogP contribution in [0, 0.1) is 5.82 Å². The van der Waals surface area contributed by atoms with Crippen LogP contribution in [0.1, 0.15) is 23.2 Å².